The fraction of sp³-hybridized carbons (Fsp3) is 0.684. The van der Waals surface area contributed by atoms with Gasteiger partial charge in [0.25, 0.3) is 0 Å². The number of hydrogen-bond donors (Lipinski definition) is 1. The number of aliphatic hydroxyl groups is 1. The second-order valence-corrected chi connectivity index (χ2v) is 10.3. The van der Waals surface area contributed by atoms with Gasteiger partial charge in [-0.25, -0.2) is 0 Å². The average molecular weight is 436 g/mol. The van der Waals surface area contributed by atoms with E-state index in [0.29, 0.717) is 25.4 Å². The lowest BCUT2D eigenvalue weighted by molar-refractivity contribution is 0.218. The zero-order valence-corrected chi connectivity index (χ0v) is 19.8. The minimum Gasteiger partial charge on any atom is -0.426 e. The largest absolute Gasteiger partial charge is 0.426 e. The molecule has 0 unspecified atom stereocenters. The number of rotatable bonds is 13. The molecular weight excluding hydrogens is 402 g/mol. The molecule has 0 radical (unpaired) electrons. The normalized spacial score (nSPS) is 12.6. The first-order chi connectivity index (χ1) is 13.2. The third-order valence-electron chi connectivity index (χ3n) is 4.35. The van der Waals surface area contributed by atoms with E-state index in [-0.39, 0.29) is 18.2 Å². The van der Waals surface area contributed by atoms with E-state index in [1.807, 2.05) is 32.9 Å². The van der Waals surface area contributed by atoms with Gasteiger partial charge >= 0.3 is 16.2 Å². The van der Waals surface area contributed by atoms with E-state index in [4.69, 9.17) is 22.6 Å². The molecule has 1 rings (SSSR count). The molecule has 28 heavy (non-hydrogen) atoms. The van der Waals surface area contributed by atoms with Crippen molar-refractivity contribution in [2.45, 2.75) is 52.6 Å². The quantitative estimate of drug-likeness (QED) is 0.419. The summed E-state index contributed by atoms with van der Waals surface area (Å²) in [5.74, 6) is 0.597. The molecule has 1 aromatic carbocycles. The highest BCUT2D eigenvalue weighted by molar-refractivity contribution is 7.52. The van der Waals surface area contributed by atoms with Gasteiger partial charge in [-0.3, -0.25) is 4.57 Å². The summed E-state index contributed by atoms with van der Waals surface area (Å²) in [7, 11) is -2.05. The number of benzene rings is 1. The summed E-state index contributed by atoms with van der Waals surface area (Å²) in [5.41, 5.74) is 2.36. The van der Waals surface area contributed by atoms with Crippen LogP contribution in [-0.2, 0) is 34.2 Å². The van der Waals surface area contributed by atoms with Gasteiger partial charge in [0.1, 0.15) is 5.75 Å². The van der Waals surface area contributed by atoms with E-state index in [0.717, 1.165) is 16.7 Å². The Morgan fingerprint density at radius 3 is 2.14 bits per heavy atom. The minimum absolute atomic E-state index is 0.0574. The van der Waals surface area contributed by atoms with Crippen LogP contribution in [0.1, 0.15) is 50.8 Å². The first-order valence-electron chi connectivity index (χ1n) is 9.35. The van der Waals surface area contributed by atoms with Crippen molar-refractivity contribution in [3.8, 4) is 5.75 Å². The summed E-state index contributed by atoms with van der Waals surface area (Å²) in [6.45, 7) is 10.8. The Morgan fingerprint density at radius 1 is 1.11 bits per heavy atom. The molecule has 0 amide bonds. The maximum atomic E-state index is 12.6. The van der Waals surface area contributed by atoms with Crippen LogP contribution in [0.4, 0.5) is 0 Å². The van der Waals surface area contributed by atoms with E-state index in [2.05, 4.69) is 13.8 Å². The van der Waals surface area contributed by atoms with Crippen LogP contribution in [0.25, 0.3) is 0 Å². The molecule has 0 atom stereocenters. The van der Waals surface area contributed by atoms with Gasteiger partial charge in [-0.05, 0) is 49.8 Å². The Morgan fingerprint density at radius 2 is 1.68 bits per heavy atom. The number of hydrogen-bond acceptors (Lipinski definition) is 7. The molecule has 0 bridgehead atoms. The molecule has 0 aliphatic carbocycles. The molecular formula is C19H34O7P2. The maximum absolute atomic E-state index is 12.6. The zero-order valence-electron chi connectivity index (χ0n) is 18.0. The SMILES string of the molecule is CCOP(OCC)Oc1cc(CP(=O)(OC)OC)cc(C)c1C(C)(C)CCO. The predicted octanol–water partition coefficient (Wildman–Crippen LogP) is 5.32. The van der Waals surface area contributed by atoms with Crippen LogP contribution in [0, 0.1) is 6.92 Å². The molecule has 0 spiro atoms. The summed E-state index contributed by atoms with van der Waals surface area (Å²) in [6, 6.07) is 3.79. The molecule has 162 valence electrons. The topological polar surface area (TPSA) is 83.5 Å². The van der Waals surface area contributed by atoms with Gasteiger partial charge < -0.3 is 27.7 Å². The van der Waals surface area contributed by atoms with Crippen molar-refractivity contribution in [3.05, 3.63) is 28.8 Å². The highest BCUT2D eigenvalue weighted by Crippen LogP contribution is 2.52. The first-order valence-corrected chi connectivity index (χ1v) is 12.2. The third kappa shape index (κ3) is 7.07. The number of aliphatic hydroxyl groups excluding tert-OH is 1. The fourth-order valence-corrected chi connectivity index (χ4v) is 5.01. The Kier molecular flexibility index (Phi) is 10.6. The van der Waals surface area contributed by atoms with E-state index in [1.54, 1.807) is 0 Å². The fourth-order valence-electron chi connectivity index (χ4n) is 3.07. The first kappa shape index (κ1) is 25.5. The summed E-state index contributed by atoms with van der Waals surface area (Å²) < 4.78 is 40.1. The molecule has 0 fully saturated rings. The lowest BCUT2D eigenvalue weighted by Gasteiger charge is -2.30. The summed E-state index contributed by atoms with van der Waals surface area (Å²) >= 11 is 0. The molecule has 9 heteroatoms. The van der Waals surface area contributed by atoms with Gasteiger partial charge in [-0.15, -0.1) is 0 Å². The number of aryl methyl sites for hydroxylation is 1. The van der Waals surface area contributed by atoms with Gasteiger partial charge in [0.15, 0.2) is 0 Å². The van der Waals surface area contributed by atoms with Gasteiger partial charge in [-0.2, -0.15) is 0 Å². The Labute approximate surface area is 170 Å². The van der Waals surface area contributed by atoms with Crippen LogP contribution in [0.5, 0.6) is 5.75 Å². The second kappa shape index (κ2) is 11.6. The molecule has 7 nitrogen and oxygen atoms in total. The minimum atomic E-state index is -3.22. The second-order valence-electron chi connectivity index (χ2n) is 6.93. The van der Waals surface area contributed by atoms with Crippen molar-refractivity contribution in [1.82, 2.24) is 0 Å². The predicted molar refractivity (Wildman–Crippen MR) is 112 cm³/mol. The van der Waals surface area contributed by atoms with Crippen LogP contribution in [0.15, 0.2) is 12.1 Å². The Hall–Kier alpha value is -0.520. The lowest BCUT2D eigenvalue weighted by Crippen LogP contribution is -2.21. The van der Waals surface area contributed by atoms with E-state index < -0.39 is 16.2 Å². The van der Waals surface area contributed by atoms with E-state index in [9.17, 15) is 9.67 Å². The van der Waals surface area contributed by atoms with Gasteiger partial charge in [-0.1, -0.05) is 19.9 Å². The van der Waals surface area contributed by atoms with Crippen molar-refractivity contribution in [2.24, 2.45) is 0 Å². The Balaban J connectivity index is 3.44. The maximum Gasteiger partial charge on any atom is 0.397 e. The molecule has 0 aliphatic rings. The summed E-state index contributed by atoms with van der Waals surface area (Å²) in [4.78, 5) is 0. The molecule has 1 aromatic rings. The van der Waals surface area contributed by atoms with Gasteiger partial charge in [0, 0.05) is 26.4 Å². The van der Waals surface area contributed by atoms with Gasteiger partial charge in [0.05, 0.1) is 19.4 Å². The average Bonchev–Trinajstić information content (AvgIpc) is 2.61. The van der Waals surface area contributed by atoms with Crippen LogP contribution in [-0.4, -0.2) is 39.1 Å². The molecule has 0 aliphatic heterocycles. The smallest absolute Gasteiger partial charge is 0.397 e. The van der Waals surface area contributed by atoms with Crippen molar-refractivity contribution in [2.75, 3.05) is 34.0 Å². The summed E-state index contributed by atoms with van der Waals surface area (Å²) in [6.07, 6.45) is 0.693. The molecule has 0 saturated heterocycles. The van der Waals surface area contributed by atoms with Crippen molar-refractivity contribution in [1.29, 1.82) is 0 Å². The zero-order chi connectivity index (χ0) is 21.4. The summed E-state index contributed by atoms with van der Waals surface area (Å²) in [5, 5.41) is 9.51. The third-order valence-corrected chi connectivity index (χ3v) is 7.50. The van der Waals surface area contributed by atoms with Crippen LogP contribution in [0.3, 0.4) is 0 Å². The monoisotopic (exact) mass is 436 g/mol. The molecule has 0 saturated carbocycles. The lowest BCUT2D eigenvalue weighted by atomic mass is 9.78. The van der Waals surface area contributed by atoms with Crippen LogP contribution in [0.2, 0.25) is 0 Å². The Bertz CT molecular complexity index is 650. The van der Waals surface area contributed by atoms with E-state index >= 15 is 0 Å². The molecule has 1 N–H and O–H groups in total. The molecule has 0 heterocycles. The van der Waals surface area contributed by atoms with Crippen LogP contribution >= 0.6 is 16.2 Å². The van der Waals surface area contributed by atoms with Crippen molar-refractivity contribution in [3.63, 3.8) is 0 Å². The molecule has 0 aromatic heterocycles. The van der Waals surface area contributed by atoms with Gasteiger partial charge in [0.2, 0.25) is 0 Å². The van der Waals surface area contributed by atoms with Crippen LogP contribution < -0.4 is 4.52 Å². The highest BCUT2D eigenvalue weighted by Gasteiger charge is 2.30. The highest BCUT2D eigenvalue weighted by atomic mass is 31.2. The van der Waals surface area contributed by atoms with E-state index in [1.165, 1.54) is 14.2 Å². The standard InChI is InChI=1S/C19H34O7P2/c1-8-24-27(25-9-2)26-17-13-16(14-28(21,22-6)23-7)12-15(3)18(17)19(4,5)10-11-20/h12-13,20H,8-11,14H2,1-7H3. The van der Waals surface area contributed by atoms with Crippen molar-refractivity contribution >= 4 is 16.2 Å². The van der Waals surface area contributed by atoms with Crippen molar-refractivity contribution < 1.29 is 32.3 Å².